The number of aromatic amines is 1. The number of fused-ring (bicyclic) bond motifs is 4. The first kappa shape index (κ1) is 31.1. The number of hydrogen-bond acceptors (Lipinski definition) is 15. The molecule has 2 saturated carbocycles. The van der Waals surface area contributed by atoms with E-state index in [9.17, 15) is 28.8 Å². The molecule has 4 fully saturated rings. The van der Waals surface area contributed by atoms with Gasteiger partial charge in [0.2, 0.25) is 0 Å². The Labute approximate surface area is 262 Å². The quantitative estimate of drug-likeness (QED) is 0.180. The fourth-order valence-electron chi connectivity index (χ4n) is 7.17. The second-order valence-corrected chi connectivity index (χ2v) is 14.9. The first-order valence-corrected chi connectivity index (χ1v) is 17.4. The van der Waals surface area contributed by atoms with Crippen LogP contribution >= 0.6 is 15.6 Å². The minimum Gasteiger partial charge on any atom is -0.396 e. The normalized spacial score (nSPS) is 40.4. The third-order valence-corrected chi connectivity index (χ3v) is 11.3. The third-order valence-electron chi connectivity index (χ3n) is 9.41. The highest BCUT2D eigenvalue weighted by Gasteiger charge is 2.75. The van der Waals surface area contributed by atoms with Gasteiger partial charge in [0.25, 0.3) is 5.56 Å². The van der Waals surface area contributed by atoms with Crippen LogP contribution in [0.25, 0.3) is 22.3 Å². The fourth-order valence-corrected chi connectivity index (χ4v) is 9.21. The van der Waals surface area contributed by atoms with Crippen LogP contribution in [-0.2, 0) is 32.0 Å². The molecular formula is C24H28FN9O11P2. The van der Waals surface area contributed by atoms with Gasteiger partial charge in [0.05, 0.1) is 44.6 Å². The zero-order chi connectivity index (χ0) is 33.0. The van der Waals surface area contributed by atoms with E-state index in [2.05, 4.69) is 29.9 Å². The second kappa shape index (κ2) is 10.6. The second-order valence-electron chi connectivity index (χ2n) is 12.1. The van der Waals surface area contributed by atoms with E-state index in [1.807, 2.05) is 0 Å². The minimum absolute atomic E-state index is 0.0432. The van der Waals surface area contributed by atoms with Gasteiger partial charge in [-0.2, -0.15) is 0 Å². The highest BCUT2D eigenvalue weighted by atomic mass is 31.2. The molecule has 8 rings (SSSR count). The number of aryl methyl sites for hydroxylation is 1. The highest BCUT2D eigenvalue weighted by molar-refractivity contribution is 7.47. The van der Waals surface area contributed by atoms with Gasteiger partial charge in [-0.3, -0.25) is 27.5 Å². The van der Waals surface area contributed by atoms with Crippen molar-refractivity contribution in [3.8, 4) is 0 Å². The van der Waals surface area contributed by atoms with Crippen molar-refractivity contribution in [2.24, 2.45) is 17.3 Å². The number of aromatic nitrogens is 8. The summed E-state index contributed by atoms with van der Waals surface area (Å²) in [6, 6.07) is -1.04. The van der Waals surface area contributed by atoms with E-state index >= 15 is 4.39 Å². The molecule has 0 radical (unpaired) electrons. The van der Waals surface area contributed by atoms with Crippen LogP contribution in [0.15, 0.2) is 23.8 Å². The molecule has 47 heavy (non-hydrogen) atoms. The molecule has 2 unspecified atom stereocenters. The number of phosphoric acid groups is 2. The van der Waals surface area contributed by atoms with Gasteiger partial charge in [0, 0.05) is 11.3 Å². The van der Waals surface area contributed by atoms with Crippen LogP contribution in [0, 0.1) is 24.2 Å². The average Bonchev–Trinajstić information content (AvgIpc) is 3.30. The largest absolute Gasteiger partial charge is 0.472 e. The predicted molar refractivity (Wildman–Crippen MR) is 153 cm³/mol. The fraction of sp³-hybridized carbons (Fsp3) is 0.583. The third kappa shape index (κ3) is 4.87. The van der Waals surface area contributed by atoms with Gasteiger partial charge in [-0.05, 0) is 19.3 Å². The molecule has 11 atom stereocenters. The van der Waals surface area contributed by atoms with Crippen molar-refractivity contribution in [2.45, 2.75) is 50.1 Å². The summed E-state index contributed by atoms with van der Waals surface area (Å²) in [6.45, 7) is -0.459. The summed E-state index contributed by atoms with van der Waals surface area (Å²) in [6.07, 6.45) is -3.71. The molecule has 4 aromatic rings. The smallest absolute Gasteiger partial charge is 0.396 e. The number of nitrogen functional groups attached to an aromatic ring is 1. The molecule has 2 aliphatic carbocycles. The maximum atomic E-state index is 16.3. The summed E-state index contributed by atoms with van der Waals surface area (Å²) >= 11 is 0. The first-order valence-electron chi connectivity index (χ1n) is 14.4. The number of alkyl halides is 1. The topological polar surface area (TPSA) is 274 Å². The van der Waals surface area contributed by atoms with E-state index in [4.69, 9.17) is 28.6 Å². The Morgan fingerprint density at radius 1 is 1.09 bits per heavy atom. The molecule has 2 bridgehead atoms. The summed E-state index contributed by atoms with van der Waals surface area (Å²) in [5.74, 6) is -1.44. The number of halogens is 1. The van der Waals surface area contributed by atoms with Crippen molar-refractivity contribution in [3.05, 3.63) is 35.2 Å². The molecule has 23 heteroatoms. The van der Waals surface area contributed by atoms with Gasteiger partial charge < -0.3 is 34.9 Å². The monoisotopic (exact) mass is 699 g/mol. The van der Waals surface area contributed by atoms with Crippen LogP contribution < -0.4 is 11.3 Å². The molecule has 4 aliphatic rings. The average molecular weight is 699 g/mol. The van der Waals surface area contributed by atoms with Crippen molar-refractivity contribution in [1.82, 2.24) is 39.0 Å². The van der Waals surface area contributed by atoms with Crippen molar-refractivity contribution in [3.63, 3.8) is 0 Å². The number of anilines is 1. The van der Waals surface area contributed by atoms with Crippen molar-refractivity contribution in [2.75, 3.05) is 25.6 Å². The number of aliphatic hydroxyl groups excluding tert-OH is 1. The Bertz CT molecular complexity index is 2060. The Morgan fingerprint density at radius 3 is 2.62 bits per heavy atom. The highest BCUT2D eigenvalue weighted by Crippen LogP contribution is 2.72. The van der Waals surface area contributed by atoms with Crippen molar-refractivity contribution >= 4 is 43.8 Å². The van der Waals surface area contributed by atoms with Gasteiger partial charge in [0.1, 0.15) is 36.0 Å². The number of nitrogens with two attached hydrogens (primary N) is 1. The maximum absolute atomic E-state index is 16.3. The number of phosphoric ester groups is 2. The summed E-state index contributed by atoms with van der Waals surface area (Å²) in [5, 5.41) is 10.3. The SMILES string of the molecule is Cc1nc2c(ncn2[C@@H]2O[C@@H]3COP(=O)(O)O[C@H]4[C@H](F)[C@H](n5cnc6c(N)ncnc65)[C@H]5C[C@]54COP(=O)(O)O[C@@H]2[C@@H]3CO)c(=O)[nH]1. The summed E-state index contributed by atoms with van der Waals surface area (Å²) < 4.78 is 73.8. The Hall–Kier alpha value is -3.23. The van der Waals surface area contributed by atoms with E-state index in [1.54, 1.807) is 0 Å². The van der Waals surface area contributed by atoms with Crippen molar-refractivity contribution < 1.29 is 51.2 Å². The molecule has 6 N–H and O–H groups in total. The first-order chi connectivity index (χ1) is 22.3. The number of imidazole rings is 2. The van der Waals surface area contributed by atoms with E-state index in [0.717, 1.165) is 0 Å². The number of nitrogens with zero attached hydrogens (tertiary/aromatic N) is 7. The van der Waals surface area contributed by atoms with Crippen LogP contribution in [0.1, 0.15) is 24.5 Å². The van der Waals surface area contributed by atoms with Gasteiger partial charge in [0.15, 0.2) is 28.9 Å². The maximum Gasteiger partial charge on any atom is 0.472 e. The van der Waals surface area contributed by atoms with E-state index in [0.29, 0.717) is 0 Å². The molecular weight excluding hydrogens is 671 g/mol. The van der Waals surface area contributed by atoms with Gasteiger partial charge >= 0.3 is 15.6 Å². The molecule has 4 aromatic heterocycles. The Morgan fingerprint density at radius 2 is 1.83 bits per heavy atom. The van der Waals surface area contributed by atoms with Gasteiger partial charge in [-0.25, -0.2) is 38.4 Å². The summed E-state index contributed by atoms with van der Waals surface area (Å²) in [7, 11) is -10.1. The lowest BCUT2D eigenvalue weighted by molar-refractivity contribution is -0.0604. The lowest BCUT2D eigenvalue weighted by atomic mass is 9.99. The molecule has 20 nitrogen and oxygen atoms in total. The molecule has 6 heterocycles. The van der Waals surface area contributed by atoms with Crippen LogP contribution in [0.3, 0.4) is 0 Å². The number of ether oxygens (including phenoxy) is 1. The molecule has 1 spiro atoms. The van der Waals surface area contributed by atoms with Gasteiger partial charge in [-0.15, -0.1) is 0 Å². The molecule has 0 aromatic carbocycles. The predicted octanol–water partition coefficient (Wildman–Crippen LogP) is 0.273. The molecule has 2 aliphatic heterocycles. The lowest BCUT2D eigenvalue weighted by Gasteiger charge is -2.29. The summed E-state index contributed by atoms with van der Waals surface area (Å²) in [5.41, 5.74) is 4.42. The van der Waals surface area contributed by atoms with Crippen LogP contribution in [0.2, 0.25) is 0 Å². The number of aliphatic hydroxyl groups is 1. The van der Waals surface area contributed by atoms with Crippen molar-refractivity contribution in [1.29, 1.82) is 0 Å². The van der Waals surface area contributed by atoms with Crippen LogP contribution in [0.5, 0.6) is 0 Å². The number of hydrogen-bond donors (Lipinski definition) is 5. The minimum atomic E-state index is -5.05. The zero-order valence-corrected chi connectivity index (χ0v) is 26.1. The Kier molecular flexibility index (Phi) is 7.03. The molecule has 2 saturated heterocycles. The number of rotatable bonds is 3. The molecule has 0 amide bonds. The zero-order valence-electron chi connectivity index (χ0n) is 24.3. The summed E-state index contributed by atoms with van der Waals surface area (Å²) in [4.78, 5) is 57.4. The Balaban J connectivity index is 1.15. The van der Waals surface area contributed by atoms with Gasteiger partial charge in [-0.1, -0.05) is 0 Å². The van der Waals surface area contributed by atoms with Crippen LogP contribution in [0.4, 0.5) is 10.2 Å². The van der Waals surface area contributed by atoms with E-state index in [-0.39, 0.29) is 40.4 Å². The van der Waals surface area contributed by atoms with Crippen LogP contribution in [-0.4, -0.2) is 98.2 Å². The number of nitrogens with one attached hydrogen (secondary N) is 1. The number of H-pyrrole nitrogens is 1. The molecule has 252 valence electrons. The lowest BCUT2D eigenvalue weighted by Crippen LogP contribution is -2.35. The van der Waals surface area contributed by atoms with E-state index in [1.165, 1.54) is 35.0 Å². The van der Waals surface area contributed by atoms with E-state index < -0.39 is 95.0 Å². The standard InChI is InChI=1S/C24H28FN9O11P2/c1-9-31-21-15(22(36)32-9)30-8-34(21)23-17-10(3-35)12(43-23)4-41-46(37,38)45-18-13(25)16(11-2-24(11,18)5-42-47(39,40)44-17)33-7-29-14-19(26)27-6-28-20(14)33/h6-8,10-13,16-18,23,35H,2-5H2,1H3,(H,37,38)(H,39,40)(H2,26,27,28)(H,31,32,36)/t10-,11-,12-,13-,16-,17-,18+,23-,24+/m1/s1.